The molecule has 0 saturated carbocycles. The molecule has 1 aromatic heterocycles. The highest BCUT2D eigenvalue weighted by Crippen LogP contribution is 2.16. The summed E-state index contributed by atoms with van der Waals surface area (Å²) < 4.78 is 0. The molecule has 3 heteroatoms. The van der Waals surface area contributed by atoms with Gasteiger partial charge in [0.1, 0.15) is 0 Å². The fraction of sp³-hybridized carbons (Fsp3) is 0.706. The van der Waals surface area contributed by atoms with Gasteiger partial charge < -0.3 is 10.2 Å². The van der Waals surface area contributed by atoms with E-state index in [9.17, 15) is 0 Å². The fourth-order valence-electron chi connectivity index (χ4n) is 2.83. The molecular formula is C17H29N3. The third-order valence-corrected chi connectivity index (χ3v) is 4.16. The lowest BCUT2D eigenvalue weighted by Crippen LogP contribution is -2.38. The Morgan fingerprint density at radius 2 is 1.95 bits per heavy atom. The standard InChI is InChI=1S/C17H29N3/c1-15(2)13-19-14-17-6-11-20(12-7-17)10-5-16-3-8-18-9-4-16/h3-4,8-9,15,17,19H,5-7,10-14H2,1-2H3. The number of nitrogens with zero attached hydrogens (tertiary/aromatic N) is 2. The summed E-state index contributed by atoms with van der Waals surface area (Å²) in [6.07, 6.45) is 7.63. The topological polar surface area (TPSA) is 28.2 Å². The molecular weight excluding hydrogens is 246 g/mol. The van der Waals surface area contributed by atoms with E-state index in [0.717, 1.165) is 24.8 Å². The summed E-state index contributed by atoms with van der Waals surface area (Å²) in [6, 6.07) is 4.26. The van der Waals surface area contributed by atoms with Gasteiger partial charge in [0.05, 0.1) is 0 Å². The van der Waals surface area contributed by atoms with Crippen LogP contribution in [0, 0.1) is 11.8 Å². The highest BCUT2D eigenvalue weighted by atomic mass is 15.1. The minimum absolute atomic E-state index is 0.760. The van der Waals surface area contributed by atoms with E-state index in [1.807, 2.05) is 12.4 Å². The third-order valence-electron chi connectivity index (χ3n) is 4.16. The molecule has 0 aliphatic carbocycles. The van der Waals surface area contributed by atoms with Crippen molar-refractivity contribution in [3.05, 3.63) is 30.1 Å². The average molecular weight is 275 g/mol. The maximum atomic E-state index is 4.07. The van der Waals surface area contributed by atoms with Crippen molar-refractivity contribution in [2.75, 3.05) is 32.7 Å². The first-order valence-electron chi connectivity index (χ1n) is 8.06. The summed E-state index contributed by atoms with van der Waals surface area (Å²) >= 11 is 0. The Morgan fingerprint density at radius 1 is 1.25 bits per heavy atom. The highest BCUT2D eigenvalue weighted by Gasteiger charge is 2.18. The molecule has 1 saturated heterocycles. The molecule has 0 bridgehead atoms. The van der Waals surface area contributed by atoms with Crippen molar-refractivity contribution in [2.45, 2.75) is 33.1 Å². The third kappa shape index (κ3) is 5.59. The molecule has 0 amide bonds. The second-order valence-electron chi connectivity index (χ2n) is 6.44. The molecule has 1 aromatic rings. The van der Waals surface area contributed by atoms with Crippen LogP contribution in [0.4, 0.5) is 0 Å². The molecule has 0 unspecified atom stereocenters. The van der Waals surface area contributed by atoms with Crippen molar-refractivity contribution in [2.24, 2.45) is 11.8 Å². The molecule has 112 valence electrons. The van der Waals surface area contributed by atoms with E-state index in [1.165, 1.54) is 44.6 Å². The molecule has 1 fully saturated rings. The van der Waals surface area contributed by atoms with E-state index >= 15 is 0 Å². The molecule has 0 aromatic carbocycles. The van der Waals surface area contributed by atoms with Crippen LogP contribution in [0.5, 0.6) is 0 Å². The smallest absolute Gasteiger partial charge is 0.0270 e. The summed E-state index contributed by atoms with van der Waals surface area (Å²) in [5, 5.41) is 3.60. The SMILES string of the molecule is CC(C)CNCC1CCN(CCc2ccncc2)CC1. The lowest BCUT2D eigenvalue weighted by molar-refractivity contribution is 0.183. The molecule has 3 nitrogen and oxygen atoms in total. The molecule has 2 heterocycles. The molecule has 20 heavy (non-hydrogen) atoms. The van der Waals surface area contributed by atoms with Crippen LogP contribution in [-0.2, 0) is 6.42 Å². The van der Waals surface area contributed by atoms with Gasteiger partial charge in [-0.3, -0.25) is 4.98 Å². The van der Waals surface area contributed by atoms with Gasteiger partial charge >= 0.3 is 0 Å². The summed E-state index contributed by atoms with van der Waals surface area (Å²) in [5.74, 6) is 1.64. The van der Waals surface area contributed by atoms with E-state index in [1.54, 1.807) is 0 Å². The predicted octanol–water partition coefficient (Wildman–Crippen LogP) is 2.58. The van der Waals surface area contributed by atoms with Crippen LogP contribution in [0.1, 0.15) is 32.3 Å². The number of pyridine rings is 1. The summed E-state index contributed by atoms with van der Waals surface area (Å²) in [6.45, 7) is 10.6. The first kappa shape index (κ1) is 15.5. The Balaban J connectivity index is 1.59. The van der Waals surface area contributed by atoms with Crippen molar-refractivity contribution in [3.63, 3.8) is 0 Å². The van der Waals surface area contributed by atoms with Gasteiger partial charge in [-0.2, -0.15) is 0 Å². The second-order valence-corrected chi connectivity index (χ2v) is 6.44. The Morgan fingerprint density at radius 3 is 2.60 bits per heavy atom. The van der Waals surface area contributed by atoms with Gasteiger partial charge in [0.25, 0.3) is 0 Å². The number of hydrogen-bond donors (Lipinski definition) is 1. The molecule has 1 N–H and O–H groups in total. The van der Waals surface area contributed by atoms with Gasteiger partial charge in [-0.1, -0.05) is 13.8 Å². The van der Waals surface area contributed by atoms with Crippen molar-refractivity contribution in [1.82, 2.24) is 15.2 Å². The maximum absolute atomic E-state index is 4.07. The van der Waals surface area contributed by atoms with Gasteiger partial charge in [0.2, 0.25) is 0 Å². The second kappa shape index (κ2) is 8.38. The molecule has 0 spiro atoms. The van der Waals surface area contributed by atoms with Crippen molar-refractivity contribution >= 4 is 0 Å². The van der Waals surface area contributed by atoms with Crippen LogP contribution < -0.4 is 5.32 Å². The van der Waals surface area contributed by atoms with Gasteiger partial charge in [0, 0.05) is 18.9 Å². The highest BCUT2D eigenvalue weighted by molar-refractivity contribution is 5.09. The molecule has 1 aliphatic rings. The fourth-order valence-corrected chi connectivity index (χ4v) is 2.83. The quantitative estimate of drug-likeness (QED) is 0.829. The van der Waals surface area contributed by atoms with Crippen molar-refractivity contribution in [3.8, 4) is 0 Å². The Labute approximate surface area is 123 Å². The van der Waals surface area contributed by atoms with Gasteiger partial charge in [0.15, 0.2) is 0 Å². The Kier molecular flexibility index (Phi) is 6.48. The number of piperidine rings is 1. The number of nitrogens with one attached hydrogen (secondary N) is 1. The minimum Gasteiger partial charge on any atom is -0.316 e. The molecule has 1 aliphatic heterocycles. The van der Waals surface area contributed by atoms with Crippen molar-refractivity contribution < 1.29 is 0 Å². The van der Waals surface area contributed by atoms with E-state index in [4.69, 9.17) is 0 Å². The summed E-state index contributed by atoms with van der Waals surface area (Å²) in [4.78, 5) is 6.68. The summed E-state index contributed by atoms with van der Waals surface area (Å²) in [7, 11) is 0. The van der Waals surface area contributed by atoms with Gasteiger partial charge in [-0.15, -0.1) is 0 Å². The lowest BCUT2D eigenvalue weighted by Gasteiger charge is -2.32. The van der Waals surface area contributed by atoms with Gasteiger partial charge in [-0.25, -0.2) is 0 Å². The van der Waals surface area contributed by atoms with Crippen LogP contribution in [0.3, 0.4) is 0 Å². The number of likely N-dealkylation sites (tertiary alicyclic amines) is 1. The number of aromatic nitrogens is 1. The first-order chi connectivity index (χ1) is 9.74. The first-order valence-corrected chi connectivity index (χ1v) is 8.06. The zero-order chi connectivity index (χ0) is 14.2. The predicted molar refractivity (Wildman–Crippen MR) is 84.8 cm³/mol. The van der Waals surface area contributed by atoms with Crippen LogP contribution in [-0.4, -0.2) is 42.6 Å². The average Bonchev–Trinajstić information content (AvgIpc) is 2.47. The van der Waals surface area contributed by atoms with Crippen LogP contribution in [0.2, 0.25) is 0 Å². The zero-order valence-electron chi connectivity index (χ0n) is 13.0. The zero-order valence-corrected chi connectivity index (χ0v) is 13.0. The van der Waals surface area contributed by atoms with E-state index < -0.39 is 0 Å². The van der Waals surface area contributed by atoms with Crippen LogP contribution >= 0.6 is 0 Å². The summed E-state index contributed by atoms with van der Waals surface area (Å²) in [5.41, 5.74) is 1.40. The van der Waals surface area contributed by atoms with E-state index in [2.05, 4.69) is 41.2 Å². The van der Waals surface area contributed by atoms with Crippen LogP contribution in [0.25, 0.3) is 0 Å². The number of hydrogen-bond acceptors (Lipinski definition) is 3. The minimum atomic E-state index is 0.760. The van der Waals surface area contributed by atoms with Gasteiger partial charge in [-0.05, 0) is 75.0 Å². The Bertz CT molecular complexity index is 356. The normalized spacial score (nSPS) is 17.8. The monoisotopic (exact) mass is 275 g/mol. The largest absolute Gasteiger partial charge is 0.316 e. The Hall–Kier alpha value is -0.930. The molecule has 0 atom stereocenters. The van der Waals surface area contributed by atoms with Crippen molar-refractivity contribution in [1.29, 1.82) is 0 Å². The van der Waals surface area contributed by atoms with E-state index in [0.29, 0.717) is 0 Å². The molecule has 0 radical (unpaired) electrons. The van der Waals surface area contributed by atoms with E-state index in [-0.39, 0.29) is 0 Å². The number of rotatable bonds is 7. The molecule has 2 rings (SSSR count). The van der Waals surface area contributed by atoms with Crippen LogP contribution in [0.15, 0.2) is 24.5 Å². The maximum Gasteiger partial charge on any atom is 0.0270 e. The lowest BCUT2D eigenvalue weighted by atomic mass is 9.96.